The molecule has 1 aromatic carbocycles. The number of nitrogens with zero attached hydrogens (tertiary/aromatic N) is 2. The Morgan fingerprint density at radius 2 is 1.20 bits per heavy atom. The average molecular weight is 757 g/mol. The van der Waals surface area contributed by atoms with Gasteiger partial charge >= 0.3 is 6.09 Å². The number of hydrogen-bond acceptors (Lipinski definition) is 9. The van der Waals surface area contributed by atoms with Gasteiger partial charge in [-0.2, -0.15) is 0 Å². The normalized spacial score (nSPS) is 28.9. The number of alkyl carbamates (subject to hydrolysis) is 1. The van der Waals surface area contributed by atoms with Gasteiger partial charge in [-0.05, 0) is 98.5 Å². The number of carbonyl (C=O) groups is 5. The molecule has 0 bridgehead atoms. The lowest BCUT2D eigenvalue weighted by molar-refractivity contribution is -0.133. The van der Waals surface area contributed by atoms with E-state index in [0.29, 0.717) is 32.0 Å². The Hall–Kier alpha value is -3.75. The van der Waals surface area contributed by atoms with Crippen molar-refractivity contribution in [1.29, 1.82) is 0 Å². The second-order valence-electron chi connectivity index (χ2n) is 17.6. The van der Waals surface area contributed by atoms with Crippen molar-refractivity contribution in [2.75, 3.05) is 13.1 Å². The van der Waals surface area contributed by atoms with E-state index in [0.717, 1.165) is 44.1 Å². The summed E-state index contributed by atoms with van der Waals surface area (Å²) in [4.78, 5) is 64.6. The zero-order valence-corrected chi connectivity index (χ0v) is 33.7. The van der Waals surface area contributed by atoms with Gasteiger partial charge in [0.05, 0.1) is 30.2 Å². The van der Waals surface area contributed by atoms with Crippen molar-refractivity contribution in [3.05, 3.63) is 35.9 Å². The minimum Gasteiger partial charge on any atom is -0.445 e. The van der Waals surface area contributed by atoms with Gasteiger partial charge in [-0.15, -0.1) is 0 Å². The largest absolute Gasteiger partial charge is 0.445 e. The van der Waals surface area contributed by atoms with Crippen molar-refractivity contribution in [2.24, 2.45) is 5.73 Å². The van der Waals surface area contributed by atoms with Gasteiger partial charge < -0.3 is 46.9 Å². The first-order valence-corrected chi connectivity index (χ1v) is 19.7. The maximum Gasteiger partial charge on any atom is 0.408 e. The SMILES string of the molecule is CC(=O)N[C@@H]1C[C@H](NC(C)(C)C)CC[C@@H]1N1CC[C@H](N)C1=O.CC(=O)N[C@@H]1C[C@H](NC(C)(C)C)CC[C@@H]1N1CC[C@H](NC(=O)OCc2ccccc2)C1=O.[HH]. The van der Waals surface area contributed by atoms with Crippen molar-refractivity contribution in [3.63, 3.8) is 0 Å². The second kappa shape index (κ2) is 18.7. The molecule has 4 aliphatic rings. The first-order valence-electron chi connectivity index (χ1n) is 19.7. The number of hydrogen-bond donors (Lipinski definition) is 6. The Labute approximate surface area is 323 Å². The molecule has 5 rings (SSSR count). The predicted octanol–water partition coefficient (Wildman–Crippen LogP) is 2.93. The molecule has 304 valence electrons. The molecule has 2 aliphatic heterocycles. The molecule has 1 aromatic rings. The van der Waals surface area contributed by atoms with Crippen LogP contribution in [0.5, 0.6) is 0 Å². The number of benzene rings is 1. The summed E-state index contributed by atoms with van der Waals surface area (Å²) in [5.74, 6) is -0.212. The molecule has 4 fully saturated rings. The monoisotopic (exact) mass is 757 g/mol. The number of carbonyl (C=O) groups excluding carboxylic acids is 5. The molecule has 0 radical (unpaired) electrons. The van der Waals surface area contributed by atoms with E-state index in [9.17, 15) is 24.0 Å². The lowest BCUT2D eigenvalue weighted by Crippen LogP contribution is -2.59. The van der Waals surface area contributed by atoms with Crippen molar-refractivity contribution in [2.45, 2.75) is 173 Å². The van der Waals surface area contributed by atoms with Gasteiger partial charge in [0.15, 0.2) is 0 Å². The fraction of sp³-hybridized carbons (Fsp3) is 0.725. The standard InChI is InChI=1S/C24H36N4O4.C16H30N4O2.H2/c1-16(29)25-20-14-18(27-24(2,3)4)10-11-21(20)28-13-12-19(22(28)30)26-23(31)32-15-17-8-6-5-7-9-17;1-10(21)18-13-9-11(19-16(2,3)4)5-6-14(13)20-8-7-12(17)15(20)22;/h5-9,18-21,27H,10-15H2,1-4H3,(H,25,29)(H,26,31);11-14,19H,5-9,17H2,1-4H3,(H,18,21);1H/t18-,19+,20-,21+;11-,12+,13-,14+;/m11./s1. The molecule has 8 atom stereocenters. The molecule has 14 heteroatoms. The molecule has 0 aromatic heterocycles. The number of rotatable bonds is 9. The molecular weight excluding hydrogens is 688 g/mol. The smallest absolute Gasteiger partial charge is 0.408 e. The minimum atomic E-state index is -0.596. The summed E-state index contributed by atoms with van der Waals surface area (Å²) in [6, 6.07) is 8.97. The van der Waals surface area contributed by atoms with Gasteiger partial charge in [-0.1, -0.05) is 30.3 Å². The number of nitrogens with two attached hydrogens (primary N) is 1. The van der Waals surface area contributed by atoms with Gasteiger partial charge in [-0.3, -0.25) is 19.2 Å². The molecule has 14 nitrogen and oxygen atoms in total. The van der Waals surface area contributed by atoms with E-state index < -0.39 is 12.1 Å². The van der Waals surface area contributed by atoms with Crippen LogP contribution >= 0.6 is 0 Å². The van der Waals surface area contributed by atoms with Crippen molar-refractivity contribution >= 4 is 29.7 Å². The first-order chi connectivity index (χ1) is 25.3. The molecule has 2 heterocycles. The topological polar surface area (TPSA) is 187 Å². The molecule has 2 saturated heterocycles. The quantitative estimate of drug-likeness (QED) is 0.220. The maximum atomic E-state index is 13.1. The molecule has 2 saturated carbocycles. The fourth-order valence-electron chi connectivity index (χ4n) is 8.50. The summed E-state index contributed by atoms with van der Waals surface area (Å²) in [6.45, 7) is 17.3. The van der Waals surface area contributed by atoms with Crippen LogP contribution in [-0.4, -0.2) is 112 Å². The summed E-state index contributed by atoms with van der Waals surface area (Å²) in [7, 11) is 0. The Bertz CT molecular complexity index is 1450. The van der Waals surface area contributed by atoms with Crippen LogP contribution in [0.2, 0.25) is 0 Å². The van der Waals surface area contributed by atoms with Gasteiger partial charge in [0.1, 0.15) is 12.6 Å². The van der Waals surface area contributed by atoms with Crippen molar-refractivity contribution in [1.82, 2.24) is 36.4 Å². The number of nitrogens with one attached hydrogen (secondary N) is 5. The van der Waals surface area contributed by atoms with Crippen LogP contribution in [0.3, 0.4) is 0 Å². The maximum absolute atomic E-state index is 13.1. The van der Waals surface area contributed by atoms with Gasteiger partial charge in [0.2, 0.25) is 23.6 Å². The second-order valence-corrected chi connectivity index (χ2v) is 17.6. The fourth-order valence-corrected chi connectivity index (χ4v) is 8.50. The first kappa shape index (κ1) is 43.0. The summed E-state index contributed by atoms with van der Waals surface area (Å²) in [5.41, 5.74) is 6.76. The minimum absolute atomic E-state index is 0. The third-order valence-corrected chi connectivity index (χ3v) is 10.5. The van der Waals surface area contributed by atoms with E-state index in [1.165, 1.54) is 13.8 Å². The third-order valence-electron chi connectivity index (χ3n) is 10.5. The van der Waals surface area contributed by atoms with E-state index in [1.807, 2.05) is 40.1 Å². The molecule has 0 unspecified atom stereocenters. The van der Waals surface area contributed by atoms with Crippen molar-refractivity contribution in [3.8, 4) is 0 Å². The zero-order chi connectivity index (χ0) is 39.8. The molecule has 5 amide bonds. The van der Waals surface area contributed by atoms with E-state index in [-0.39, 0.29) is 79.0 Å². The van der Waals surface area contributed by atoms with E-state index in [1.54, 1.807) is 0 Å². The molecule has 7 N–H and O–H groups in total. The highest BCUT2D eigenvalue weighted by Gasteiger charge is 2.44. The van der Waals surface area contributed by atoms with E-state index in [2.05, 4.69) is 68.1 Å². The molecule has 54 heavy (non-hydrogen) atoms. The highest BCUT2D eigenvalue weighted by atomic mass is 16.5. The lowest BCUT2D eigenvalue weighted by Gasteiger charge is -2.43. The highest BCUT2D eigenvalue weighted by molar-refractivity contribution is 5.88. The highest BCUT2D eigenvalue weighted by Crippen LogP contribution is 2.30. The zero-order valence-electron chi connectivity index (χ0n) is 33.7. The summed E-state index contributed by atoms with van der Waals surface area (Å²) < 4.78 is 5.27. The van der Waals surface area contributed by atoms with Crippen LogP contribution in [0.4, 0.5) is 4.79 Å². The van der Waals surface area contributed by atoms with Crippen molar-refractivity contribution < 1.29 is 30.1 Å². The average Bonchev–Trinajstić information content (AvgIpc) is 3.59. The van der Waals surface area contributed by atoms with E-state index in [4.69, 9.17) is 10.5 Å². The van der Waals surface area contributed by atoms with Crippen LogP contribution in [0.15, 0.2) is 30.3 Å². The Balaban J connectivity index is 0.000000310. The van der Waals surface area contributed by atoms with Crippen LogP contribution in [-0.2, 0) is 30.5 Å². The Morgan fingerprint density at radius 3 is 1.65 bits per heavy atom. The lowest BCUT2D eigenvalue weighted by atomic mass is 9.84. The summed E-state index contributed by atoms with van der Waals surface area (Å²) in [6.07, 6.45) is 5.91. The van der Waals surface area contributed by atoms with Crippen LogP contribution in [0.1, 0.15) is 114 Å². The van der Waals surface area contributed by atoms with E-state index >= 15 is 0 Å². The summed E-state index contributed by atoms with van der Waals surface area (Å²) in [5, 5.41) is 16.0. The third kappa shape index (κ3) is 12.9. The van der Waals surface area contributed by atoms with Gasteiger partial charge in [-0.25, -0.2) is 4.79 Å². The Morgan fingerprint density at radius 1 is 0.722 bits per heavy atom. The molecular formula is C40H68N8O6. The predicted molar refractivity (Wildman–Crippen MR) is 210 cm³/mol. The Kier molecular flexibility index (Phi) is 14.9. The van der Waals surface area contributed by atoms with Crippen LogP contribution < -0.4 is 32.3 Å². The van der Waals surface area contributed by atoms with Crippen LogP contribution in [0.25, 0.3) is 0 Å². The number of likely N-dealkylation sites (tertiary alicyclic amines) is 2. The van der Waals surface area contributed by atoms with Gasteiger partial charge in [0, 0.05) is 51.5 Å². The number of ether oxygens (including phenoxy) is 1. The summed E-state index contributed by atoms with van der Waals surface area (Å²) >= 11 is 0. The van der Waals surface area contributed by atoms with Gasteiger partial charge in [0.25, 0.3) is 0 Å². The molecule has 2 aliphatic carbocycles. The van der Waals surface area contributed by atoms with Crippen LogP contribution in [0, 0.1) is 0 Å². The molecule has 0 spiro atoms. The number of amides is 5.